The number of halogens is 1. The molecule has 0 fully saturated rings. The number of nitrogens with zero attached hydrogens (tertiary/aromatic N) is 1. The molecule has 0 saturated carbocycles. The first-order valence-electron chi connectivity index (χ1n) is 4.56. The summed E-state index contributed by atoms with van der Waals surface area (Å²) in [5.74, 6) is -1.28. The Morgan fingerprint density at radius 1 is 1.57 bits per heavy atom. The minimum Gasteiger partial charge on any atom is -0.481 e. The molecule has 0 aromatic carbocycles. The molecule has 1 unspecified atom stereocenters. The van der Waals surface area contributed by atoms with Crippen molar-refractivity contribution in [2.24, 2.45) is 0 Å². The third-order valence-electron chi connectivity index (χ3n) is 2.55. The van der Waals surface area contributed by atoms with Gasteiger partial charge in [0, 0.05) is 0 Å². The Labute approximate surface area is 86.7 Å². The molecule has 1 N–H and O–H groups in total. The quantitative estimate of drug-likeness (QED) is 0.725. The molecule has 1 atom stereocenters. The highest BCUT2D eigenvalue weighted by molar-refractivity contribution is 6.29. The van der Waals surface area contributed by atoms with Crippen LogP contribution in [0.25, 0.3) is 0 Å². The van der Waals surface area contributed by atoms with Crippen LogP contribution in [0.15, 0.2) is 12.1 Å². The zero-order valence-corrected chi connectivity index (χ0v) is 8.29. The van der Waals surface area contributed by atoms with Crippen molar-refractivity contribution in [2.75, 3.05) is 0 Å². The summed E-state index contributed by atoms with van der Waals surface area (Å²) in [6.45, 7) is 0. The van der Waals surface area contributed by atoms with Gasteiger partial charge in [0.2, 0.25) is 0 Å². The molecule has 0 radical (unpaired) electrons. The molecule has 0 amide bonds. The number of pyridine rings is 1. The maximum Gasteiger partial charge on any atom is 0.312 e. The van der Waals surface area contributed by atoms with Gasteiger partial charge in [0.05, 0.1) is 11.6 Å². The van der Waals surface area contributed by atoms with E-state index in [-0.39, 0.29) is 0 Å². The molecule has 1 heterocycles. The van der Waals surface area contributed by atoms with Gasteiger partial charge in [-0.2, -0.15) is 0 Å². The summed E-state index contributed by atoms with van der Waals surface area (Å²) in [4.78, 5) is 15.0. The lowest BCUT2D eigenvalue weighted by molar-refractivity contribution is -0.139. The average molecular weight is 212 g/mol. The molecule has 4 heteroatoms. The number of fused-ring (bicyclic) bond motifs is 1. The van der Waals surface area contributed by atoms with Crippen molar-refractivity contribution in [1.82, 2.24) is 4.98 Å². The van der Waals surface area contributed by atoms with E-state index in [1.165, 1.54) is 0 Å². The SMILES string of the molecule is O=C(O)C1CCCc2ccc(Cl)nc21. The van der Waals surface area contributed by atoms with Gasteiger partial charge in [-0.1, -0.05) is 17.7 Å². The number of aryl methyl sites for hydroxylation is 1. The van der Waals surface area contributed by atoms with E-state index in [9.17, 15) is 4.79 Å². The van der Waals surface area contributed by atoms with E-state index in [4.69, 9.17) is 16.7 Å². The molecule has 1 aromatic rings. The van der Waals surface area contributed by atoms with Crippen molar-refractivity contribution in [2.45, 2.75) is 25.2 Å². The summed E-state index contributed by atoms with van der Waals surface area (Å²) >= 11 is 5.74. The van der Waals surface area contributed by atoms with Gasteiger partial charge in [0.1, 0.15) is 5.15 Å². The number of carboxylic acids is 1. The highest BCUT2D eigenvalue weighted by Gasteiger charge is 2.27. The van der Waals surface area contributed by atoms with Crippen LogP contribution in [0.5, 0.6) is 0 Å². The monoisotopic (exact) mass is 211 g/mol. The zero-order valence-electron chi connectivity index (χ0n) is 7.53. The van der Waals surface area contributed by atoms with Gasteiger partial charge in [0.25, 0.3) is 0 Å². The van der Waals surface area contributed by atoms with Crippen LogP contribution in [-0.2, 0) is 11.2 Å². The number of aromatic nitrogens is 1. The fraction of sp³-hybridized carbons (Fsp3) is 0.400. The minimum absolute atomic E-state index is 0.372. The summed E-state index contributed by atoms with van der Waals surface area (Å²) in [7, 11) is 0. The number of hydrogen-bond acceptors (Lipinski definition) is 2. The largest absolute Gasteiger partial charge is 0.481 e. The highest BCUT2D eigenvalue weighted by Crippen LogP contribution is 2.31. The smallest absolute Gasteiger partial charge is 0.312 e. The lowest BCUT2D eigenvalue weighted by Crippen LogP contribution is -2.19. The van der Waals surface area contributed by atoms with E-state index in [0.29, 0.717) is 17.3 Å². The van der Waals surface area contributed by atoms with Gasteiger partial charge >= 0.3 is 5.97 Å². The van der Waals surface area contributed by atoms with Gasteiger partial charge in [-0.05, 0) is 30.9 Å². The van der Waals surface area contributed by atoms with Crippen LogP contribution in [0, 0.1) is 0 Å². The molecule has 0 aliphatic heterocycles. The fourth-order valence-electron chi connectivity index (χ4n) is 1.87. The predicted octanol–water partition coefficient (Wildman–Crippen LogP) is 2.24. The van der Waals surface area contributed by atoms with Crippen molar-refractivity contribution in [3.8, 4) is 0 Å². The summed E-state index contributed by atoms with van der Waals surface area (Å²) in [5.41, 5.74) is 1.67. The maximum atomic E-state index is 10.9. The number of carboxylic acid groups (broad SMARTS) is 1. The second-order valence-corrected chi connectivity index (χ2v) is 3.85. The van der Waals surface area contributed by atoms with Crippen molar-refractivity contribution in [3.63, 3.8) is 0 Å². The van der Waals surface area contributed by atoms with Crippen LogP contribution in [0.3, 0.4) is 0 Å². The first-order valence-corrected chi connectivity index (χ1v) is 4.94. The van der Waals surface area contributed by atoms with E-state index in [2.05, 4.69) is 4.98 Å². The summed E-state index contributed by atoms with van der Waals surface area (Å²) < 4.78 is 0. The first kappa shape index (κ1) is 9.46. The van der Waals surface area contributed by atoms with E-state index in [1.54, 1.807) is 6.07 Å². The lowest BCUT2D eigenvalue weighted by Gasteiger charge is -2.20. The highest BCUT2D eigenvalue weighted by atomic mass is 35.5. The molecular formula is C10H10ClNO2. The van der Waals surface area contributed by atoms with Crippen molar-refractivity contribution in [3.05, 3.63) is 28.5 Å². The average Bonchev–Trinajstić information content (AvgIpc) is 2.16. The number of rotatable bonds is 1. The molecule has 1 aromatic heterocycles. The Bertz CT molecular complexity index is 378. The molecule has 0 saturated heterocycles. The zero-order chi connectivity index (χ0) is 10.1. The van der Waals surface area contributed by atoms with E-state index < -0.39 is 11.9 Å². The first-order chi connectivity index (χ1) is 6.68. The molecular weight excluding hydrogens is 202 g/mol. The van der Waals surface area contributed by atoms with Gasteiger partial charge in [0.15, 0.2) is 0 Å². The predicted molar refractivity (Wildman–Crippen MR) is 52.6 cm³/mol. The van der Waals surface area contributed by atoms with Gasteiger partial charge in [-0.15, -0.1) is 0 Å². The number of carbonyl (C=O) groups is 1. The van der Waals surface area contributed by atoms with Crippen molar-refractivity contribution in [1.29, 1.82) is 0 Å². The minimum atomic E-state index is -0.805. The summed E-state index contributed by atoms with van der Waals surface area (Å²) in [5, 5.41) is 9.36. The topological polar surface area (TPSA) is 50.2 Å². The number of hydrogen-bond donors (Lipinski definition) is 1. The Balaban J connectivity index is 2.46. The van der Waals surface area contributed by atoms with E-state index >= 15 is 0 Å². The van der Waals surface area contributed by atoms with Crippen LogP contribution in [-0.4, -0.2) is 16.1 Å². The molecule has 1 aliphatic carbocycles. The van der Waals surface area contributed by atoms with Crippen LogP contribution in [0.1, 0.15) is 30.0 Å². The van der Waals surface area contributed by atoms with Crippen LogP contribution >= 0.6 is 11.6 Å². The third-order valence-corrected chi connectivity index (χ3v) is 2.76. The molecule has 0 spiro atoms. The van der Waals surface area contributed by atoms with Crippen molar-refractivity contribution < 1.29 is 9.90 Å². The third kappa shape index (κ3) is 1.60. The molecule has 14 heavy (non-hydrogen) atoms. The standard InChI is InChI=1S/C10H10ClNO2/c11-8-5-4-6-2-1-3-7(10(13)14)9(6)12-8/h4-5,7H,1-3H2,(H,13,14). The lowest BCUT2D eigenvalue weighted by atomic mass is 9.87. The van der Waals surface area contributed by atoms with Crippen molar-refractivity contribution >= 4 is 17.6 Å². The Hall–Kier alpha value is -1.09. The van der Waals surface area contributed by atoms with Gasteiger partial charge in [-0.3, -0.25) is 4.79 Å². The van der Waals surface area contributed by atoms with Gasteiger partial charge < -0.3 is 5.11 Å². The van der Waals surface area contributed by atoms with Crippen LogP contribution < -0.4 is 0 Å². The molecule has 3 nitrogen and oxygen atoms in total. The number of aliphatic carboxylic acids is 1. The van der Waals surface area contributed by atoms with E-state index in [1.807, 2.05) is 6.07 Å². The molecule has 74 valence electrons. The normalized spacial score (nSPS) is 20.2. The second-order valence-electron chi connectivity index (χ2n) is 3.46. The van der Waals surface area contributed by atoms with Crippen LogP contribution in [0.2, 0.25) is 5.15 Å². The Morgan fingerprint density at radius 3 is 3.07 bits per heavy atom. The Morgan fingerprint density at radius 2 is 2.36 bits per heavy atom. The van der Waals surface area contributed by atoms with Crippen LogP contribution in [0.4, 0.5) is 0 Å². The maximum absolute atomic E-state index is 10.9. The molecule has 2 rings (SSSR count). The van der Waals surface area contributed by atoms with E-state index in [0.717, 1.165) is 18.4 Å². The molecule has 1 aliphatic rings. The summed E-state index contributed by atoms with van der Waals surface area (Å²) in [6, 6.07) is 3.59. The summed E-state index contributed by atoms with van der Waals surface area (Å²) in [6.07, 6.45) is 2.48. The Kier molecular flexibility index (Phi) is 2.42. The fourth-order valence-corrected chi connectivity index (χ4v) is 2.02. The van der Waals surface area contributed by atoms with Gasteiger partial charge in [-0.25, -0.2) is 4.98 Å². The molecule has 0 bridgehead atoms. The second kappa shape index (κ2) is 3.58.